The smallest absolute Gasteiger partial charge is 0.343 e. The maximum absolute atomic E-state index is 12.3. The van der Waals surface area contributed by atoms with Gasteiger partial charge in [0.15, 0.2) is 11.6 Å². The van der Waals surface area contributed by atoms with Crippen LogP contribution >= 0.6 is 0 Å². The minimum atomic E-state index is -0.547. The van der Waals surface area contributed by atoms with Gasteiger partial charge in [-0.1, -0.05) is 42.5 Å². The summed E-state index contributed by atoms with van der Waals surface area (Å²) in [6.07, 6.45) is 1.42. The second kappa shape index (κ2) is 8.77. The summed E-state index contributed by atoms with van der Waals surface area (Å²) in [5, 5.41) is 3.07. The minimum absolute atomic E-state index is 0.180. The summed E-state index contributed by atoms with van der Waals surface area (Å²) >= 11 is 0. The van der Waals surface area contributed by atoms with Crippen LogP contribution in [0.3, 0.4) is 0 Å². The zero-order valence-corrected chi connectivity index (χ0v) is 15.5. The first kappa shape index (κ1) is 19.0. The number of benzene rings is 2. The molecule has 0 unspecified atom stereocenters. The molecule has 1 heterocycles. The van der Waals surface area contributed by atoms with Crippen molar-refractivity contribution >= 4 is 23.4 Å². The van der Waals surface area contributed by atoms with Gasteiger partial charge in [0, 0.05) is 18.7 Å². The van der Waals surface area contributed by atoms with Gasteiger partial charge in [0.1, 0.15) is 11.4 Å². The summed E-state index contributed by atoms with van der Waals surface area (Å²) in [6, 6.07) is 16.3. The Morgan fingerprint density at radius 1 is 1.04 bits per heavy atom. The average molecular weight is 377 g/mol. The van der Waals surface area contributed by atoms with Gasteiger partial charge in [0.25, 0.3) is 0 Å². The number of nitrogens with one attached hydrogen (secondary N) is 1. The molecule has 0 fully saturated rings. The minimum Gasteiger partial charge on any atom is -0.462 e. The van der Waals surface area contributed by atoms with E-state index < -0.39 is 11.9 Å². The predicted octanol–water partition coefficient (Wildman–Crippen LogP) is 3.99. The van der Waals surface area contributed by atoms with E-state index in [0.29, 0.717) is 17.3 Å². The topological polar surface area (TPSA) is 90.4 Å². The molecule has 0 spiro atoms. The fourth-order valence-corrected chi connectivity index (χ4v) is 2.50. The lowest BCUT2D eigenvalue weighted by molar-refractivity contribution is -0.131. The van der Waals surface area contributed by atoms with Gasteiger partial charge in [0.2, 0.25) is 0 Å². The van der Waals surface area contributed by atoms with Crippen molar-refractivity contribution in [3.05, 3.63) is 66.4 Å². The van der Waals surface area contributed by atoms with Crippen LogP contribution in [0.15, 0.2) is 60.8 Å². The van der Waals surface area contributed by atoms with Crippen molar-refractivity contribution in [2.75, 3.05) is 11.9 Å². The molecule has 1 aromatic heterocycles. The van der Waals surface area contributed by atoms with Gasteiger partial charge in [0.05, 0.1) is 12.3 Å². The van der Waals surface area contributed by atoms with E-state index >= 15 is 0 Å². The summed E-state index contributed by atoms with van der Waals surface area (Å²) in [4.78, 5) is 32.5. The van der Waals surface area contributed by atoms with Crippen molar-refractivity contribution in [1.82, 2.24) is 9.97 Å². The van der Waals surface area contributed by atoms with Gasteiger partial charge in [-0.15, -0.1) is 0 Å². The van der Waals surface area contributed by atoms with Gasteiger partial charge < -0.3 is 14.8 Å². The normalized spacial score (nSPS) is 10.2. The molecule has 0 atom stereocenters. The first-order valence-electron chi connectivity index (χ1n) is 8.72. The van der Waals surface area contributed by atoms with Gasteiger partial charge in [-0.2, -0.15) is 0 Å². The zero-order chi connectivity index (χ0) is 19.9. The second-order valence-electron chi connectivity index (χ2n) is 5.76. The van der Waals surface area contributed by atoms with E-state index in [0.717, 1.165) is 5.56 Å². The van der Waals surface area contributed by atoms with Crippen LogP contribution in [0, 0.1) is 0 Å². The largest absolute Gasteiger partial charge is 0.462 e. The molecule has 0 saturated heterocycles. The average Bonchev–Trinajstić information content (AvgIpc) is 2.70. The van der Waals surface area contributed by atoms with Crippen LogP contribution in [-0.4, -0.2) is 28.5 Å². The summed E-state index contributed by atoms with van der Waals surface area (Å²) in [5.41, 5.74) is 1.47. The molecule has 7 nitrogen and oxygen atoms in total. The van der Waals surface area contributed by atoms with E-state index in [1.807, 2.05) is 30.3 Å². The Labute approximate surface area is 162 Å². The molecule has 3 rings (SSSR count). The van der Waals surface area contributed by atoms with Crippen LogP contribution in [0.5, 0.6) is 5.75 Å². The van der Waals surface area contributed by atoms with E-state index in [1.54, 1.807) is 31.2 Å². The van der Waals surface area contributed by atoms with E-state index in [4.69, 9.17) is 9.47 Å². The van der Waals surface area contributed by atoms with E-state index in [9.17, 15) is 9.59 Å². The first-order chi connectivity index (χ1) is 13.6. The van der Waals surface area contributed by atoms with Crippen LogP contribution in [0.1, 0.15) is 24.2 Å². The third kappa shape index (κ3) is 4.50. The number of para-hydroxylation sites is 2. The van der Waals surface area contributed by atoms with Crippen LogP contribution in [0.2, 0.25) is 0 Å². The van der Waals surface area contributed by atoms with Gasteiger partial charge in [-0.05, 0) is 19.1 Å². The van der Waals surface area contributed by atoms with Crippen molar-refractivity contribution < 1.29 is 19.1 Å². The van der Waals surface area contributed by atoms with Gasteiger partial charge in [-0.25, -0.2) is 14.8 Å². The Hall–Kier alpha value is -3.74. The third-order valence-electron chi connectivity index (χ3n) is 3.71. The molecule has 0 amide bonds. The maximum atomic E-state index is 12.3. The van der Waals surface area contributed by atoms with Crippen molar-refractivity contribution in [1.29, 1.82) is 0 Å². The van der Waals surface area contributed by atoms with Crippen molar-refractivity contribution in [2.24, 2.45) is 0 Å². The Morgan fingerprint density at radius 3 is 2.46 bits per heavy atom. The fraction of sp³-hybridized carbons (Fsp3) is 0.143. The summed E-state index contributed by atoms with van der Waals surface area (Å²) in [6.45, 7) is 3.27. The van der Waals surface area contributed by atoms with Crippen molar-refractivity contribution in [3.63, 3.8) is 0 Å². The summed E-state index contributed by atoms with van der Waals surface area (Å²) < 4.78 is 10.3. The number of rotatable bonds is 6. The lowest BCUT2D eigenvalue weighted by Crippen LogP contribution is -2.12. The summed E-state index contributed by atoms with van der Waals surface area (Å²) in [5.74, 6) is 0.0276. The molecule has 0 aliphatic rings. The molecule has 0 aliphatic heterocycles. The predicted molar refractivity (Wildman–Crippen MR) is 104 cm³/mol. The number of ether oxygens (including phenoxy) is 2. The highest BCUT2D eigenvalue weighted by Gasteiger charge is 2.18. The number of nitrogens with zero attached hydrogens (tertiary/aromatic N) is 2. The van der Waals surface area contributed by atoms with Crippen molar-refractivity contribution in [3.8, 4) is 17.1 Å². The number of hydrogen-bond donors (Lipinski definition) is 1. The van der Waals surface area contributed by atoms with Crippen LogP contribution in [0.25, 0.3) is 11.4 Å². The fourth-order valence-electron chi connectivity index (χ4n) is 2.50. The Bertz CT molecular complexity index is 990. The molecular weight excluding hydrogens is 358 g/mol. The molecular formula is C21H19N3O4. The van der Waals surface area contributed by atoms with E-state index in [1.165, 1.54) is 13.1 Å². The first-order valence-corrected chi connectivity index (χ1v) is 8.72. The molecule has 0 saturated carbocycles. The molecule has 2 aromatic carbocycles. The molecule has 7 heteroatoms. The summed E-state index contributed by atoms with van der Waals surface area (Å²) in [7, 11) is 0. The molecule has 1 N–H and O–H groups in total. The number of carbonyl (C=O) groups excluding carboxylic acids is 2. The standard InChI is InChI=1S/C21H19N3O4/c1-3-27-21(26)16-13-22-19(15-9-5-4-6-10-15)24-20(16)23-17-11-7-8-12-18(17)28-14(2)25/h4-13H,3H2,1-2H3,(H,22,23,24). The number of aromatic nitrogens is 2. The van der Waals surface area contributed by atoms with Crippen LogP contribution in [-0.2, 0) is 9.53 Å². The van der Waals surface area contributed by atoms with Gasteiger partial charge >= 0.3 is 11.9 Å². The Kier molecular flexibility index (Phi) is 5.96. The van der Waals surface area contributed by atoms with Crippen LogP contribution in [0.4, 0.5) is 11.5 Å². The Balaban J connectivity index is 2.04. The Morgan fingerprint density at radius 2 is 1.75 bits per heavy atom. The lowest BCUT2D eigenvalue weighted by atomic mass is 10.2. The number of carbonyl (C=O) groups is 2. The zero-order valence-electron chi connectivity index (χ0n) is 15.5. The molecule has 0 aliphatic carbocycles. The van der Waals surface area contributed by atoms with E-state index in [2.05, 4.69) is 15.3 Å². The number of esters is 2. The third-order valence-corrected chi connectivity index (χ3v) is 3.71. The lowest BCUT2D eigenvalue weighted by Gasteiger charge is -2.14. The monoisotopic (exact) mass is 377 g/mol. The SMILES string of the molecule is CCOC(=O)c1cnc(-c2ccccc2)nc1Nc1ccccc1OC(C)=O. The second-order valence-corrected chi connectivity index (χ2v) is 5.76. The number of anilines is 2. The molecule has 0 bridgehead atoms. The van der Waals surface area contributed by atoms with Crippen molar-refractivity contribution in [2.45, 2.75) is 13.8 Å². The molecule has 3 aromatic rings. The highest BCUT2D eigenvalue weighted by Crippen LogP contribution is 2.29. The highest BCUT2D eigenvalue weighted by molar-refractivity contribution is 5.95. The highest BCUT2D eigenvalue weighted by atomic mass is 16.5. The molecule has 0 radical (unpaired) electrons. The van der Waals surface area contributed by atoms with Crippen LogP contribution < -0.4 is 10.1 Å². The van der Waals surface area contributed by atoms with E-state index in [-0.39, 0.29) is 18.0 Å². The van der Waals surface area contributed by atoms with Gasteiger partial charge in [-0.3, -0.25) is 4.79 Å². The molecule has 28 heavy (non-hydrogen) atoms. The quantitative estimate of drug-likeness (QED) is 0.513. The maximum Gasteiger partial charge on any atom is 0.343 e. The molecule has 142 valence electrons. The number of hydrogen-bond acceptors (Lipinski definition) is 7.